The van der Waals surface area contributed by atoms with Crippen LogP contribution in [0.3, 0.4) is 0 Å². The minimum Gasteiger partial charge on any atom is -0.462 e. The summed E-state index contributed by atoms with van der Waals surface area (Å²) < 4.78 is 6.35. The summed E-state index contributed by atoms with van der Waals surface area (Å²) in [5.41, 5.74) is 1.19. The molecule has 20 heavy (non-hydrogen) atoms. The van der Waals surface area contributed by atoms with E-state index in [9.17, 15) is 4.79 Å². The Morgan fingerprint density at radius 2 is 2.40 bits per heavy atom. The molecule has 0 aliphatic carbocycles. The largest absolute Gasteiger partial charge is 0.462 e. The topological polar surface area (TPSA) is 58.4 Å². The summed E-state index contributed by atoms with van der Waals surface area (Å²) in [5, 5.41) is 4.07. The van der Waals surface area contributed by atoms with E-state index in [0.717, 1.165) is 27.6 Å². The van der Waals surface area contributed by atoms with Crippen molar-refractivity contribution in [1.82, 2.24) is 15.2 Å². The zero-order valence-electron chi connectivity index (χ0n) is 10.8. The van der Waals surface area contributed by atoms with Gasteiger partial charge in [-0.2, -0.15) is 0 Å². The number of rotatable bonds is 2. The molecule has 2 aromatic heterocycles. The molecule has 1 amide bonds. The maximum atomic E-state index is 12.3. The summed E-state index contributed by atoms with van der Waals surface area (Å²) in [4.78, 5) is 18.9. The molecule has 2 bridgehead atoms. The first-order valence-corrected chi connectivity index (χ1v) is 7.84. The number of carbonyl (C=O) groups excluding carboxylic acids is 1. The SMILES string of the molecule is O=C(NC1CN2CCC1C2)c1cc2c(I)coc2cn1. The second-order valence-electron chi connectivity index (χ2n) is 5.54. The Morgan fingerprint density at radius 1 is 1.50 bits per heavy atom. The lowest BCUT2D eigenvalue weighted by molar-refractivity contribution is 0.0919. The lowest BCUT2D eigenvalue weighted by atomic mass is 10.00. The lowest BCUT2D eigenvalue weighted by Gasteiger charge is -2.22. The normalized spacial score (nSPS) is 28.1. The lowest BCUT2D eigenvalue weighted by Crippen LogP contribution is -2.43. The Labute approximate surface area is 129 Å². The van der Waals surface area contributed by atoms with Crippen molar-refractivity contribution in [1.29, 1.82) is 0 Å². The standard InChI is InChI=1S/C14H14IN3O2/c15-10-7-20-13-4-16-11(3-9(10)13)14(19)17-12-6-18-2-1-8(12)5-18/h3-4,7-8,12H,1-2,5-6H2,(H,17,19). The third-order valence-electron chi connectivity index (χ3n) is 4.30. The van der Waals surface area contributed by atoms with Crippen LogP contribution < -0.4 is 5.32 Å². The fraction of sp³-hybridized carbons (Fsp3) is 0.429. The molecule has 4 rings (SSSR count). The van der Waals surface area contributed by atoms with Crippen LogP contribution in [0.2, 0.25) is 0 Å². The van der Waals surface area contributed by atoms with E-state index in [0.29, 0.717) is 11.6 Å². The van der Waals surface area contributed by atoms with Gasteiger partial charge in [-0.1, -0.05) is 0 Å². The van der Waals surface area contributed by atoms with E-state index in [1.165, 1.54) is 13.0 Å². The number of aromatic nitrogens is 1. The van der Waals surface area contributed by atoms with Crippen molar-refractivity contribution < 1.29 is 9.21 Å². The monoisotopic (exact) mass is 383 g/mol. The van der Waals surface area contributed by atoms with Crippen LogP contribution in [-0.4, -0.2) is 41.5 Å². The van der Waals surface area contributed by atoms with Crippen molar-refractivity contribution in [2.75, 3.05) is 19.6 Å². The number of pyridine rings is 1. The molecular weight excluding hydrogens is 369 g/mol. The fourth-order valence-corrected chi connectivity index (χ4v) is 3.76. The first kappa shape index (κ1) is 12.6. The third kappa shape index (κ3) is 2.01. The molecule has 2 aliphatic rings. The number of amides is 1. The second-order valence-corrected chi connectivity index (χ2v) is 6.70. The Bertz CT molecular complexity index is 684. The predicted molar refractivity (Wildman–Crippen MR) is 82.5 cm³/mol. The van der Waals surface area contributed by atoms with E-state index < -0.39 is 0 Å². The van der Waals surface area contributed by atoms with E-state index in [1.54, 1.807) is 12.5 Å². The molecule has 3 unspecified atom stereocenters. The van der Waals surface area contributed by atoms with Gasteiger partial charge in [0.15, 0.2) is 5.58 Å². The highest BCUT2D eigenvalue weighted by Crippen LogP contribution is 2.28. The molecule has 0 radical (unpaired) electrons. The number of hydrogen-bond acceptors (Lipinski definition) is 4. The molecule has 2 aliphatic heterocycles. The smallest absolute Gasteiger partial charge is 0.270 e. The first-order valence-electron chi connectivity index (χ1n) is 6.76. The number of nitrogens with zero attached hydrogens (tertiary/aromatic N) is 2. The van der Waals surface area contributed by atoms with Gasteiger partial charge in [-0.25, -0.2) is 4.98 Å². The van der Waals surface area contributed by atoms with Crippen molar-refractivity contribution in [3.63, 3.8) is 0 Å². The van der Waals surface area contributed by atoms with Gasteiger partial charge < -0.3 is 14.6 Å². The van der Waals surface area contributed by atoms with Crippen LogP contribution in [-0.2, 0) is 0 Å². The van der Waals surface area contributed by atoms with Crippen LogP contribution in [0.15, 0.2) is 22.9 Å². The van der Waals surface area contributed by atoms with Crippen molar-refractivity contribution >= 4 is 39.5 Å². The van der Waals surface area contributed by atoms with E-state index in [-0.39, 0.29) is 11.9 Å². The quantitative estimate of drug-likeness (QED) is 0.805. The van der Waals surface area contributed by atoms with Crippen LogP contribution >= 0.6 is 22.6 Å². The molecule has 0 spiro atoms. The van der Waals surface area contributed by atoms with Crippen LogP contribution in [0.5, 0.6) is 0 Å². The second kappa shape index (κ2) is 4.70. The summed E-state index contributed by atoms with van der Waals surface area (Å²) in [7, 11) is 0. The average Bonchev–Trinajstić information content (AvgIpc) is 3.15. The van der Waals surface area contributed by atoms with Crippen molar-refractivity contribution in [2.45, 2.75) is 12.5 Å². The molecule has 6 heteroatoms. The van der Waals surface area contributed by atoms with Gasteiger partial charge in [-0.15, -0.1) is 0 Å². The van der Waals surface area contributed by atoms with Crippen LogP contribution in [0.25, 0.3) is 11.0 Å². The van der Waals surface area contributed by atoms with Crippen LogP contribution in [0.4, 0.5) is 0 Å². The van der Waals surface area contributed by atoms with Gasteiger partial charge in [0.25, 0.3) is 5.91 Å². The number of fused-ring (bicyclic) bond motifs is 3. The highest BCUT2D eigenvalue weighted by atomic mass is 127. The third-order valence-corrected chi connectivity index (χ3v) is 5.13. The maximum Gasteiger partial charge on any atom is 0.270 e. The molecule has 0 aromatic carbocycles. The van der Waals surface area contributed by atoms with Gasteiger partial charge in [0.1, 0.15) is 12.0 Å². The molecular formula is C14H14IN3O2. The molecule has 2 saturated heterocycles. The molecule has 104 valence electrons. The Morgan fingerprint density at radius 3 is 3.15 bits per heavy atom. The Kier molecular flexibility index (Phi) is 2.95. The molecule has 1 N–H and O–H groups in total. The van der Waals surface area contributed by atoms with E-state index >= 15 is 0 Å². The van der Waals surface area contributed by atoms with E-state index in [1.807, 2.05) is 6.07 Å². The fourth-order valence-electron chi connectivity index (χ4n) is 3.22. The zero-order chi connectivity index (χ0) is 13.7. The summed E-state index contributed by atoms with van der Waals surface area (Å²) >= 11 is 2.20. The minimum atomic E-state index is -0.0809. The number of hydrogen-bond donors (Lipinski definition) is 1. The predicted octanol–water partition coefficient (Wildman–Crippen LogP) is 1.87. The average molecular weight is 383 g/mol. The van der Waals surface area contributed by atoms with Gasteiger partial charge in [0.05, 0.1) is 9.77 Å². The number of halogens is 1. The van der Waals surface area contributed by atoms with Crippen LogP contribution in [0, 0.1) is 9.49 Å². The van der Waals surface area contributed by atoms with Crippen LogP contribution in [0.1, 0.15) is 16.9 Å². The highest BCUT2D eigenvalue weighted by Gasteiger charge is 2.38. The van der Waals surface area contributed by atoms with Crippen molar-refractivity contribution in [3.05, 3.63) is 27.8 Å². The highest BCUT2D eigenvalue weighted by molar-refractivity contribution is 14.1. The Balaban J connectivity index is 1.56. The summed E-state index contributed by atoms with van der Waals surface area (Å²) in [6.45, 7) is 3.27. The Hall–Kier alpha value is -1.15. The summed E-state index contributed by atoms with van der Waals surface area (Å²) in [5.74, 6) is 0.527. The zero-order valence-corrected chi connectivity index (χ0v) is 13.0. The summed E-state index contributed by atoms with van der Waals surface area (Å²) in [6.07, 6.45) is 4.49. The van der Waals surface area contributed by atoms with Gasteiger partial charge >= 0.3 is 0 Å². The first-order chi connectivity index (χ1) is 9.70. The number of furan rings is 1. The minimum absolute atomic E-state index is 0.0809. The maximum absolute atomic E-state index is 12.3. The van der Waals surface area contributed by atoms with Gasteiger partial charge in [-0.3, -0.25) is 4.79 Å². The molecule has 3 atom stereocenters. The number of piperidine rings is 1. The van der Waals surface area contributed by atoms with E-state index in [2.05, 4.69) is 37.8 Å². The molecule has 0 saturated carbocycles. The molecule has 2 fully saturated rings. The van der Waals surface area contributed by atoms with Gasteiger partial charge in [-0.05, 0) is 47.5 Å². The molecule has 2 aromatic rings. The number of nitrogens with one attached hydrogen (secondary N) is 1. The molecule has 5 nitrogen and oxygen atoms in total. The van der Waals surface area contributed by atoms with Gasteiger partial charge in [0.2, 0.25) is 0 Å². The van der Waals surface area contributed by atoms with E-state index in [4.69, 9.17) is 4.42 Å². The van der Waals surface area contributed by atoms with Crippen molar-refractivity contribution in [3.8, 4) is 0 Å². The molecule has 4 heterocycles. The summed E-state index contributed by atoms with van der Waals surface area (Å²) in [6, 6.07) is 2.08. The van der Waals surface area contributed by atoms with Gasteiger partial charge in [0, 0.05) is 24.5 Å². The van der Waals surface area contributed by atoms with Crippen molar-refractivity contribution in [2.24, 2.45) is 5.92 Å². The number of carbonyl (C=O) groups is 1.